The second-order valence-corrected chi connectivity index (χ2v) is 6.20. The van der Waals surface area contributed by atoms with Gasteiger partial charge in [-0.1, -0.05) is 28.4 Å². The highest BCUT2D eigenvalue weighted by atomic mass is 79.9. The van der Waals surface area contributed by atoms with Gasteiger partial charge in [-0.25, -0.2) is 0 Å². The van der Waals surface area contributed by atoms with Crippen molar-refractivity contribution < 1.29 is 0 Å². The van der Waals surface area contributed by atoms with Crippen LogP contribution in [0.25, 0.3) is 0 Å². The smallest absolute Gasteiger partial charge is 0.0178 e. The first-order valence-electron chi connectivity index (χ1n) is 6.25. The van der Waals surface area contributed by atoms with E-state index in [9.17, 15) is 0 Å². The molecule has 1 saturated carbocycles. The predicted molar refractivity (Wildman–Crippen MR) is 70.5 cm³/mol. The number of fused-ring (bicyclic) bond motifs is 2. The van der Waals surface area contributed by atoms with Crippen LogP contribution in [0.5, 0.6) is 0 Å². The Balaban J connectivity index is 2.08. The van der Waals surface area contributed by atoms with E-state index in [0.717, 1.165) is 12.5 Å². The topological polar surface area (TPSA) is 26.0 Å². The van der Waals surface area contributed by atoms with Crippen LogP contribution in [-0.4, -0.2) is 6.54 Å². The highest BCUT2D eigenvalue weighted by Gasteiger charge is 2.47. The minimum atomic E-state index is 0.447. The summed E-state index contributed by atoms with van der Waals surface area (Å²) >= 11 is 3.58. The lowest BCUT2D eigenvalue weighted by Crippen LogP contribution is -2.48. The molecule has 1 nitrogen and oxygen atoms in total. The van der Waals surface area contributed by atoms with Gasteiger partial charge < -0.3 is 5.73 Å². The van der Waals surface area contributed by atoms with Crippen LogP contribution in [0.4, 0.5) is 0 Å². The number of rotatable bonds is 1. The summed E-state index contributed by atoms with van der Waals surface area (Å²) in [5, 5.41) is 0. The van der Waals surface area contributed by atoms with Crippen molar-refractivity contribution in [3.05, 3.63) is 33.8 Å². The van der Waals surface area contributed by atoms with Gasteiger partial charge in [0.05, 0.1) is 0 Å². The lowest BCUT2D eigenvalue weighted by Gasteiger charge is -2.51. The van der Waals surface area contributed by atoms with Crippen molar-refractivity contribution in [1.29, 1.82) is 0 Å². The molecule has 1 aromatic rings. The van der Waals surface area contributed by atoms with Crippen molar-refractivity contribution in [2.75, 3.05) is 6.54 Å². The van der Waals surface area contributed by atoms with Crippen LogP contribution in [0.3, 0.4) is 0 Å². The van der Waals surface area contributed by atoms with Crippen molar-refractivity contribution in [2.45, 2.75) is 37.5 Å². The van der Waals surface area contributed by atoms with Crippen molar-refractivity contribution in [3.63, 3.8) is 0 Å². The van der Waals surface area contributed by atoms with Crippen molar-refractivity contribution in [3.8, 4) is 0 Å². The molecule has 2 aliphatic rings. The van der Waals surface area contributed by atoms with Gasteiger partial charge in [-0.3, -0.25) is 0 Å². The first-order chi connectivity index (χ1) is 7.76. The molecule has 0 radical (unpaired) electrons. The lowest BCUT2D eigenvalue weighted by molar-refractivity contribution is 0.129. The van der Waals surface area contributed by atoms with E-state index in [1.54, 1.807) is 11.1 Å². The highest BCUT2D eigenvalue weighted by molar-refractivity contribution is 9.10. The molecular weight excluding hydrogens is 262 g/mol. The van der Waals surface area contributed by atoms with Gasteiger partial charge in [0.2, 0.25) is 0 Å². The molecule has 0 bridgehead atoms. The first kappa shape index (κ1) is 10.8. The van der Waals surface area contributed by atoms with Gasteiger partial charge in [0.15, 0.2) is 0 Å². The maximum Gasteiger partial charge on any atom is 0.0178 e. The molecule has 1 spiro atoms. The fraction of sp³-hybridized carbons (Fsp3) is 0.571. The molecule has 0 aliphatic heterocycles. The maximum atomic E-state index is 5.97. The molecule has 0 aromatic heterocycles. The monoisotopic (exact) mass is 279 g/mol. The third-order valence-electron chi connectivity index (χ3n) is 4.68. The van der Waals surface area contributed by atoms with E-state index in [-0.39, 0.29) is 0 Å². The van der Waals surface area contributed by atoms with Crippen LogP contribution < -0.4 is 5.73 Å². The van der Waals surface area contributed by atoms with E-state index < -0.39 is 0 Å². The van der Waals surface area contributed by atoms with Gasteiger partial charge >= 0.3 is 0 Å². The summed E-state index contributed by atoms with van der Waals surface area (Å²) in [6.07, 6.45) is 6.57. The third-order valence-corrected chi connectivity index (χ3v) is 5.17. The molecule has 2 N–H and O–H groups in total. The predicted octanol–water partition coefficient (Wildman–Crippen LogP) is 3.39. The van der Waals surface area contributed by atoms with Gasteiger partial charge in [0, 0.05) is 4.47 Å². The van der Waals surface area contributed by atoms with Crippen LogP contribution in [0, 0.1) is 5.92 Å². The molecule has 3 rings (SSSR count). The van der Waals surface area contributed by atoms with Gasteiger partial charge in [0.1, 0.15) is 0 Å². The van der Waals surface area contributed by atoms with Gasteiger partial charge in [-0.2, -0.15) is 0 Å². The zero-order chi connectivity index (χ0) is 11.2. The third kappa shape index (κ3) is 1.39. The van der Waals surface area contributed by atoms with Crippen LogP contribution >= 0.6 is 15.9 Å². The molecule has 2 aliphatic carbocycles. The Morgan fingerprint density at radius 1 is 1.38 bits per heavy atom. The second-order valence-electron chi connectivity index (χ2n) is 5.28. The van der Waals surface area contributed by atoms with Crippen molar-refractivity contribution in [1.82, 2.24) is 0 Å². The molecule has 0 heterocycles. The normalized spacial score (nSPS) is 26.2. The molecule has 1 atom stereocenters. The van der Waals surface area contributed by atoms with E-state index in [0.29, 0.717) is 5.41 Å². The Morgan fingerprint density at radius 3 is 2.81 bits per heavy atom. The number of halogens is 1. The molecular formula is C14H18BrN. The summed E-state index contributed by atoms with van der Waals surface area (Å²) in [5.74, 6) is 0.718. The SMILES string of the molecule is NCC1CCc2cc(Br)ccc2C12CCC2. The quantitative estimate of drug-likeness (QED) is 0.838. The van der Waals surface area contributed by atoms with E-state index in [4.69, 9.17) is 5.73 Å². The first-order valence-corrected chi connectivity index (χ1v) is 7.04. The molecule has 1 fully saturated rings. The number of hydrogen-bond acceptors (Lipinski definition) is 1. The number of aryl methyl sites for hydroxylation is 1. The van der Waals surface area contributed by atoms with E-state index in [1.165, 1.54) is 36.6 Å². The van der Waals surface area contributed by atoms with Crippen molar-refractivity contribution in [2.24, 2.45) is 11.7 Å². The van der Waals surface area contributed by atoms with Gasteiger partial charge in [-0.05, 0) is 66.8 Å². The Labute approximate surface area is 106 Å². The summed E-state index contributed by atoms with van der Waals surface area (Å²) in [5.41, 5.74) is 9.57. The average Bonchev–Trinajstić information content (AvgIpc) is 2.24. The standard InChI is InChI=1S/C14H18BrN/c15-12-4-5-13-10(8-12)2-3-11(9-16)14(13)6-1-7-14/h4-5,8,11H,1-3,6-7,9,16H2. The highest BCUT2D eigenvalue weighted by Crippen LogP contribution is 2.54. The van der Waals surface area contributed by atoms with E-state index in [2.05, 4.69) is 34.1 Å². The minimum Gasteiger partial charge on any atom is -0.330 e. The Kier molecular flexibility index (Phi) is 2.60. The maximum absolute atomic E-state index is 5.97. The van der Waals surface area contributed by atoms with Crippen molar-refractivity contribution >= 4 is 15.9 Å². The summed E-state index contributed by atoms with van der Waals surface area (Å²) in [6.45, 7) is 0.857. The van der Waals surface area contributed by atoms with E-state index in [1.807, 2.05) is 0 Å². The summed E-state index contributed by atoms with van der Waals surface area (Å²) < 4.78 is 1.21. The Bertz CT molecular complexity index is 409. The van der Waals surface area contributed by atoms with Crippen LogP contribution in [0.2, 0.25) is 0 Å². The van der Waals surface area contributed by atoms with Gasteiger partial charge in [-0.15, -0.1) is 0 Å². The summed E-state index contributed by atoms with van der Waals surface area (Å²) in [7, 11) is 0. The molecule has 16 heavy (non-hydrogen) atoms. The van der Waals surface area contributed by atoms with Crippen LogP contribution in [-0.2, 0) is 11.8 Å². The number of nitrogens with two attached hydrogens (primary N) is 1. The van der Waals surface area contributed by atoms with Crippen LogP contribution in [0.15, 0.2) is 22.7 Å². The lowest BCUT2D eigenvalue weighted by atomic mass is 9.53. The minimum absolute atomic E-state index is 0.447. The zero-order valence-electron chi connectivity index (χ0n) is 9.51. The Hall–Kier alpha value is -0.340. The fourth-order valence-corrected chi connectivity index (χ4v) is 4.07. The second kappa shape index (κ2) is 3.85. The molecule has 0 amide bonds. The van der Waals surface area contributed by atoms with E-state index >= 15 is 0 Å². The Morgan fingerprint density at radius 2 is 2.19 bits per heavy atom. The summed E-state index contributed by atoms with van der Waals surface area (Å²) in [4.78, 5) is 0. The molecule has 1 unspecified atom stereocenters. The molecule has 0 saturated heterocycles. The number of hydrogen-bond donors (Lipinski definition) is 1. The zero-order valence-corrected chi connectivity index (χ0v) is 11.1. The summed E-state index contributed by atoms with van der Waals surface area (Å²) in [6, 6.07) is 6.83. The molecule has 1 aromatic carbocycles. The average molecular weight is 280 g/mol. The number of benzene rings is 1. The fourth-order valence-electron chi connectivity index (χ4n) is 3.66. The van der Waals surface area contributed by atoms with Crippen LogP contribution in [0.1, 0.15) is 36.8 Å². The molecule has 86 valence electrons. The van der Waals surface area contributed by atoms with Gasteiger partial charge in [0.25, 0.3) is 0 Å². The molecule has 2 heteroatoms. The largest absolute Gasteiger partial charge is 0.330 e.